The summed E-state index contributed by atoms with van der Waals surface area (Å²) in [6, 6.07) is 13.3. The van der Waals surface area contributed by atoms with E-state index in [1.165, 1.54) is 0 Å². The summed E-state index contributed by atoms with van der Waals surface area (Å²) in [5.41, 5.74) is 4.82. The monoisotopic (exact) mass is 369 g/mol. The lowest BCUT2D eigenvalue weighted by Gasteiger charge is -2.07. The van der Waals surface area contributed by atoms with E-state index in [1.54, 1.807) is 25.3 Å². The van der Waals surface area contributed by atoms with Gasteiger partial charge in [0.1, 0.15) is 0 Å². The maximum atomic E-state index is 12.5. The highest BCUT2D eigenvalue weighted by Crippen LogP contribution is 2.24. The third-order valence-corrected chi connectivity index (χ3v) is 5.97. The molecule has 0 radical (unpaired) electrons. The molecule has 0 aliphatic heterocycles. The Morgan fingerprint density at radius 3 is 2.54 bits per heavy atom. The van der Waals surface area contributed by atoms with Gasteiger partial charge < -0.3 is 4.57 Å². The molecule has 5 nitrogen and oxygen atoms in total. The molecule has 2 aromatic carbocycles. The van der Waals surface area contributed by atoms with Crippen LogP contribution in [0.2, 0.25) is 0 Å². The molecule has 0 unspecified atom stereocenters. The first kappa shape index (κ1) is 18.2. The minimum absolute atomic E-state index is 0.243. The van der Waals surface area contributed by atoms with Crippen LogP contribution in [0, 0.1) is 20.8 Å². The first-order valence-electron chi connectivity index (χ1n) is 8.55. The Bertz CT molecular complexity index is 1100. The molecule has 3 aromatic rings. The topological polar surface area (TPSA) is 63.5 Å². The van der Waals surface area contributed by atoms with Crippen LogP contribution in [0.15, 0.2) is 52.5 Å². The molecule has 0 saturated heterocycles. The van der Waals surface area contributed by atoms with E-state index in [9.17, 15) is 8.42 Å². The van der Waals surface area contributed by atoms with Crippen molar-refractivity contribution in [1.29, 1.82) is 0 Å². The third kappa shape index (κ3) is 3.24. The van der Waals surface area contributed by atoms with Crippen molar-refractivity contribution in [3.63, 3.8) is 0 Å². The quantitative estimate of drug-likeness (QED) is 0.548. The van der Waals surface area contributed by atoms with Gasteiger partial charge in [0, 0.05) is 28.7 Å². The molecule has 0 spiro atoms. The van der Waals surface area contributed by atoms with Crippen molar-refractivity contribution in [2.75, 3.05) is 0 Å². The predicted octanol–water partition coefficient (Wildman–Crippen LogP) is 3.90. The zero-order valence-electron chi connectivity index (χ0n) is 15.4. The second-order valence-corrected chi connectivity index (χ2v) is 8.01. The van der Waals surface area contributed by atoms with Gasteiger partial charge in [-0.05, 0) is 45.4 Å². The highest BCUT2D eigenvalue weighted by atomic mass is 32.2. The van der Waals surface area contributed by atoms with Crippen LogP contribution in [-0.4, -0.2) is 19.2 Å². The number of fused-ring (bicyclic) bond motifs is 1. The van der Waals surface area contributed by atoms with Gasteiger partial charge in [0.15, 0.2) is 0 Å². The van der Waals surface area contributed by atoms with E-state index in [-0.39, 0.29) is 4.90 Å². The summed E-state index contributed by atoms with van der Waals surface area (Å²) in [4.78, 5) is 2.58. The minimum Gasteiger partial charge on any atom is -0.344 e. The zero-order valence-corrected chi connectivity index (χ0v) is 16.3. The van der Waals surface area contributed by atoms with Crippen LogP contribution in [0.4, 0.5) is 0 Å². The molecule has 0 fully saturated rings. The van der Waals surface area contributed by atoms with Crippen LogP contribution >= 0.6 is 0 Å². The van der Waals surface area contributed by atoms with Crippen molar-refractivity contribution in [1.82, 2.24) is 9.40 Å². The summed E-state index contributed by atoms with van der Waals surface area (Å²) in [5, 5.41) is 5.09. The van der Waals surface area contributed by atoms with Crippen molar-refractivity contribution < 1.29 is 8.42 Å². The fourth-order valence-corrected chi connectivity index (χ4v) is 4.36. The Balaban J connectivity index is 1.94. The van der Waals surface area contributed by atoms with Crippen molar-refractivity contribution in [2.24, 2.45) is 5.10 Å². The molecule has 0 atom stereocenters. The van der Waals surface area contributed by atoms with Crippen LogP contribution in [0.3, 0.4) is 0 Å². The summed E-state index contributed by atoms with van der Waals surface area (Å²) in [5.74, 6) is 0. The molecular formula is C20H23N3O2S. The third-order valence-electron chi connectivity index (χ3n) is 4.58. The molecule has 0 bridgehead atoms. The number of para-hydroxylation sites is 1. The lowest BCUT2D eigenvalue weighted by atomic mass is 10.1. The van der Waals surface area contributed by atoms with Crippen molar-refractivity contribution in [3.8, 4) is 0 Å². The van der Waals surface area contributed by atoms with E-state index in [0.717, 1.165) is 34.3 Å². The summed E-state index contributed by atoms with van der Waals surface area (Å²) >= 11 is 0. The van der Waals surface area contributed by atoms with Crippen LogP contribution in [-0.2, 0) is 16.6 Å². The molecule has 0 aliphatic rings. The summed E-state index contributed by atoms with van der Waals surface area (Å²) in [6.07, 6.45) is 1.59. The fraction of sp³-hybridized carbons (Fsp3) is 0.250. The van der Waals surface area contributed by atoms with E-state index in [0.29, 0.717) is 5.56 Å². The largest absolute Gasteiger partial charge is 0.344 e. The van der Waals surface area contributed by atoms with Gasteiger partial charge in [-0.1, -0.05) is 35.9 Å². The molecule has 0 amide bonds. The molecule has 136 valence electrons. The number of nitrogens with zero attached hydrogens (tertiary/aromatic N) is 2. The Hall–Kier alpha value is -2.60. The highest BCUT2D eigenvalue weighted by Gasteiger charge is 2.16. The van der Waals surface area contributed by atoms with Gasteiger partial charge in [-0.25, -0.2) is 4.83 Å². The number of hydrogen-bond donors (Lipinski definition) is 1. The number of sulfonamides is 1. The first-order chi connectivity index (χ1) is 12.3. The standard InChI is InChI=1S/C20H23N3O2S/c1-5-23-16(4)18(17-8-6-7-9-19(17)23)13-21-22-26(24,25)20-11-10-14(2)12-15(20)3/h6-13,22H,5H2,1-4H3/b21-13+. The lowest BCUT2D eigenvalue weighted by molar-refractivity contribution is 0.584. The van der Waals surface area contributed by atoms with Crippen LogP contribution in [0.1, 0.15) is 29.3 Å². The average molecular weight is 369 g/mol. The second kappa shape index (κ2) is 6.96. The number of hydrogen-bond acceptors (Lipinski definition) is 3. The van der Waals surface area contributed by atoms with Gasteiger partial charge in [-0.3, -0.25) is 0 Å². The van der Waals surface area contributed by atoms with E-state index < -0.39 is 10.0 Å². The van der Waals surface area contributed by atoms with E-state index in [2.05, 4.69) is 27.5 Å². The van der Waals surface area contributed by atoms with Crippen molar-refractivity contribution in [2.45, 2.75) is 39.1 Å². The molecular weight excluding hydrogens is 346 g/mol. The average Bonchev–Trinajstić information content (AvgIpc) is 2.86. The van der Waals surface area contributed by atoms with Crippen molar-refractivity contribution in [3.05, 3.63) is 64.8 Å². The summed E-state index contributed by atoms with van der Waals surface area (Å²) in [6.45, 7) is 8.66. The van der Waals surface area contributed by atoms with Gasteiger partial charge in [-0.2, -0.15) is 13.5 Å². The number of nitrogens with one attached hydrogen (secondary N) is 1. The fourth-order valence-electron chi connectivity index (χ4n) is 3.34. The van der Waals surface area contributed by atoms with Gasteiger partial charge in [0.05, 0.1) is 11.1 Å². The number of aromatic nitrogens is 1. The summed E-state index contributed by atoms with van der Waals surface area (Å²) in [7, 11) is -3.70. The smallest absolute Gasteiger partial charge is 0.276 e. The van der Waals surface area contributed by atoms with Gasteiger partial charge in [0.2, 0.25) is 0 Å². The maximum Gasteiger partial charge on any atom is 0.276 e. The Kier molecular flexibility index (Phi) is 4.87. The molecule has 1 aromatic heterocycles. The van der Waals surface area contributed by atoms with Gasteiger partial charge >= 0.3 is 0 Å². The Morgan fingerprint density at radius 1 is 1.12 bits per heavy atom. The molecule has 0 saturated carbocycles. The number of aryl methyl sites for hydroxylation is 3. The van der Waals surface area contributed by atoms with E-state index >= 15 is 0 Å². The Labute approximate surface area is 154 Å². The predicted molar refractivity (Wildman–Crippen MR) is 106 cm³/mol. The normalized spacial score (nSPS) is 12.2. The highest BCUT2D eigenvalue weighted by molar-refractivity contribution is 7.89. The number of hydrazone groups is 1. The molecule has 6 heteroatoms. The van der Waals surface area contributed by atoms with Crippen LogP contribution in [0.25, 0.3) is 10.9 Å². The summed E-state index contributed by atoms with van der Waals surface area (Å²) < 4.78 is 27.3. The van der Waals surface area contributed by atoms with Crippen molar-refractivity contribution >= 4 is 27.1 Å². The van der Waals surface area contributed by atoms with E-state index in [4.69, 9.17) is 0 Å². The second-order valence-electron chi connectivity index (χ2n) is 6.38. The zero-order chi connectivity index (χ0) is 18.9. The molecule has 1 N–H and O–H groups in total. The SMILES string of the molecule is CCn1c(C)c(/C=N/NS(=O)(=O)c2ccc(C)cc2C)c2ccccc21. The molecule has 26 heavy (non-hydrogen) atoms. The Morgan fingerprint density at radius 2 is 1.85 bits per heavy atom. The molecule has 3 rings (SSSR count). The molecule has 0 aliphatic carbocycles. The van der Waals surface area contributed by atoms with Crippen LogP contribution in [0.5, 0.6) is 0 Å². The maximum absolute atomic E-state index is 12.5. The first-order valence-corrected chi connectivity index (χ1v) is 10.0. The van der Waals surface area contributed by atoms with E-state index in [1.807, 2.05) is 38.1 Å². The number of rotatable bonds is 5. The minimum atomic E-state index is -3.70. The lowest BCUT2D eigenvalue weighted by Crippen LogP contribution is -2.19. The van der Waals surface area contributed by atoms with Gasteiger partial charge in [-0.15, -0.1) is 0 Å². The number of benzene rings is 2. The van der Waals surface area contributed by atoms with Gasteiger partial charge in [0.25, 0.3) is 10.0 Å². The van der Waals surface area contributed by atoms with Crippen LogP contribution < -0.4 is 4.83 Å². The molecule has 1 heterocycles.